The van der Waals surface area contributed by atoms with Crippen LogP contribution in [0.5, 0.6) is 0 Å². The highest BCUT2D eigenvalue weighted by molar-refractivity contribution is 7.07. The lowest BCUT2D eigenvalue weighted by atomic mass is 10.2. The smallest absolute Gasteiger partial charge is 0.225 e. The number of nitrogens with one attached hydrogen (secondary N) is 1. The quantitative estimate of drug-likeness (QED) is 0.596. The molecule has 1 radical (unpaired) electrons. The van der Waals surface area contributed by atoms with E-state index in [1.165, 1.54) is 11.3 Å². The topological polar surface area (TPSA) is 71.0 Å². The van der Waals surface area contributed by atoms with Crippen molar-refractivity contribution in [3.63, 3.8) is 0 Å². The first-order valence-corrected chi connectivity index (χ1v) is 10.3. The summed E-state index contributed by atoms with van der Waals surface area (Å²) >= 11 is 1.48. The van der Waals surface area contributed by atoms with Crippen molar-refractivity contribution in [1.82, 2.24) is 15.0 Å². The second-order valence-corrected chi connectivity index (χ2v) is 7.10. The molecule has 0 aliphatic carbocycles. The number of carbonyl (C=O) groups is 1. The second kappa shape index (κ2) is 9.94. The molecule has 1 N–H and O–H groups in total. The van der Waals surface area contributed by atoms with Crippen molar-refractivity contribution in [2.45, 2.75) is 39.7 Å². The number of aryl methyl sites for hydroxylation is 1. The molecule has 2 aromatic heterocycles. The Morgan fingerprint density at radius 1 is 1.14 bits per heavy atom. The zero-order valence-corrected chi connectivity index (χ0v) is 17.0. The number of rotatable bonds is 9. The molecule has 0 aliphatic rings. The van der Waals surface area contributed by atoms with Crippen LogP contribution >= 0.6 is 11.3 Å². The zero-order valence-electron chi connectivity index (χ0n) is 16.2. The highest BCUT2D eigenvalue weighted by Crippen LogP contribution is 2.16. The standard InChI is InChI=1S/C21H24N5OS/c1-3-16-11-22-21(23-12-16)26(10-9-19-14-28-15-24-19)13-17-5-7-18(8-6-17)25-20(27)4-2/h5-8,11-12,14H,3-4,9-10,13H2,1-2H3,(H,25,27). The Kier molecular flexibility index (Phi) is 7.08. The number of benzene rings is 1. The molecule has 0 saturated heterocycles. The van der Waals surface area contributed by atoms with Gasteiger partial charge in [-0.3, -0.25) is 4.79 Å². The van der Waals surface area contributed by atoms with Crippen LogP contribution in [-0.2, 0) is 24.2 Å². The molecule has 0 saturated carbocycles. The molecule has 145 valence electrons. The number of nitrogens with zero attached hydrogens (tertiary/aromatic N) is 4. The number of hydrogen-bond donors (Lipinski definition) is 1. The Balaban J connectivity index is 1.72. The summed E-state index contributed by atoms with van der Waals surface area (Å²) in [6, 6.07) is 7.90. The minimum absolute atomic E-state index is 0.0128. The SMILES string of the molecule is CCC(=O)Nc1ccc(CN(CCc2cs[c]n2)c2ncc(CC)cn2)cc1. The number of carbonyl (C=O) groups excluding carboxylic acids is 1. The number of aromatic nitrogens is 3. The lowest BCUT2D eigenvalue weighted by molar-refractivity contribution is -0.115. The molecule has 0 fully saturated rings. The molecule has 0 atom stereocenters. The van der Waals surface area contributed by atoms with Crippen molar-refractivity contribution in [3.05, 3.63) is 64.4 Å². The van der Waals surface area contributed by atoms with E-state index in [1.807, 2.05) is 49.0 Å². The van der Waals surface area contributed by atoms with E-state index in [0.29, 0.717) is 18.9 Å². The molecule has 7 heteroatoms. The Morgan fingerprint density at radius 3 is 2.50 bits per heavy atom. The number of hydrogen-bond acceptors (Lipinski definition) is 6. The largest absolute Gasteiger partial charge is 0.336 e. The van der Waals surface area contributed by atoms with Crippen molar-refractivity contribution >= 4 is 28.9 Å². The highest BCUT2D eigenvalue weighted by atomic mass is 32.1. The molecule has 1 aromatic carbocycles. The lowest BCUT2D eigenvalue weighted by Crippen LogP contribution is -2.27. The summed E-state index contributed by atoms with van der Waals surface area (Å²) in [6.07, 6.45) is 5.96. The molecule has 0 spiro atoms. The third kappa shape index (κ3) is 5.60. The van der Waals surface area contributed by atoms with Gasteiger partial charge in [0.15, 0.2) is 5.51 Å². The van der Waals surface area contributed by atoms with Crippen LogP contribution in [0, 0.1) is 5.51 Å². The van der Waals surface area contributed by atoms with Gasteiger partial charge in [-0.15, -0.1) is 11.3 Å². The van der Waals surface area contributed by atoms with Crippen molar-refractivity contribution in [3.8, 4) is 0 Å². The predicted octanol–water partition coefficient (Wildman–Crippen LogP) is 3.89. The summed E-state index contributed by atoms with van der Waals surface area (Å²) < 4.78 is 0. The number of amides is 1. The molecule has 0 unspecified atom stereocenters. The van der Waals surface area contributed by atoms with Crippen LogP contribution in [-0.4, -0.2) is 27.4 Å². The molecular weight excluding hydrogens is 370 g/mol. The highest BCUT2D eigenvalue weighted by Gasteiger charge is 2.12. The van der Waals surface area contributed by atoms with Gasteiger partial charge in [0.2, 0.25) is 11.9 Å². The Bertz CT molecular complexity index is 863. The molecule has 28 heavy (non-hydrogen) atoms. The van der Waals surface area contributed by atoms with E-state index in [2.05, 4.69) is 37.6 Å². The van der Waals surface area contributed by atoms with Crippen LogP contribution < -0.4 is 10.2 Å². The lowest BCUT2D eigenvalue weighted by Gasteiger charge is -2.22. The van der Waals surface area contributed by atoms with Gasteiger partial charge in [-0.1, -0.05) is 26.0 Å². The van der Waals surface area contributed by atoms with E-state index in [9.17, 15) is 4.79 Å². The van der Waals surface area contributed by atoms with E-state index in [0.717, 1.165) is 41.9 Å². The van der Waals surface area contributed by atoms with Crippen molar-refractivity contribution in [2.24, 2.45) is 0 Å². The Morgan fingerprint density at radius 2 is 1.89 bits per heavy atom. The summed E-state index contributed by atoms with van der Waals surface area (Å²) in [6.45, 7) is 5.37. The molecule has 0 aliphatic heterocycles. The van der Waals surface area contributed by atoms with Crippen LogP contribution in [0.3, 0.4) is 0 Å². The monoisotopic (exact) mass is 394 g/mol. The molecular formula is C21H24N5OS. The van der Waals surface area contributed by atoms with Crippen molar-refractivity contribution < 1.29 is 4.79 Å². The van der Waals surface area contributed by atoms with Gasteiger partial charge in [-0.05, 0) is 29.7 Å². The van der Waals surface area contributed by atoms with E-state index in [1.54, 1.807) is 0 Å². The molecule has 3 rings (SSSR count). The van der Waals surface area contributed by atoms with Crippen LogP contribution in [0.4, 0.5) is 11.6 Å². The van der Waals surface area contributed by atoms with Crippen LogP contribution in [0.1, 0.15) is 37.1 Å². The number of anilines is 2. The minimum Gasteiger partial charge on any atom is -0.336 e. The van der Waals surface area contributed by atoms with E-state index in [-0.39, 0.29) is 5.91 Å². The first kappa shape index (κ1) is 19.9. The molecule has 2 heterocycles. The van der Waals surface area contributed by atoms with E-state index >= 15 is 0 Å². The maximum Gasteiger partial charge on any atom is 0.225 e. The normalized spacial score (nSPS) is 10.6. The van der Waals surface area contributed by atoms with Gasteiger partial charge >= 0.3 is 0 Å². The van der Waals surface area contributed by atoms with Crippen molar-refractivity contribution in [2.75, 3.05) is 16.8 Å². The van der Waals surface area contributed by atoms with Gasteiger partial charge in [0, 0.05) is 49.4 Å². The minimum atomic E-state index is 0.0128. The first-order valence-electron chi connectivity index (χ1n) is 9.43. The number of thiazole rings is 1. The summed E-state index contributed by atoms with van der Waals surface area (Å²) in [5.41, 5.74) is 6.97. The maximum absolute atomic E-state index is 11.5. The Labute approximate surface area is 169 Å². The molecule has 0 bridgehead atoms. The summed E-state index contributed by atoms with van der Waals surface area (Å²) in [7, 11) is 0. The van der Waals surface area contributed by atoms with Gasteiger partial charge in [-0.2, -0.15) is 0 Å². The summed E-state index contributed by atoms with van der Waals surface area (Å²) in [4.78, 5) is 27.0. The van der Waals surface area contributed by atoms with E-state index < -0.39 is 0 Å². The third-order valence-corrected chi connectivity index (χ3v) is 4.98. The second-order valence-electron chi connectivity index (χ2n) is 6.45. The van der Waals surface area contributed by atoms with Crippen LogP contribution in [0.25, 0.3) is 0 Å². The van der Waals surface area contributed by atoms with Gasteiger partial charge in [0.1, 0.15) is 0 Å². The fourth-order valence-corrected chi connectivity index (χ4v) is 3.21. The summed E-state index contributed by atoms with van der Waals surface area (Å²) in [5.74, 6) is 0.721. The Hall–Kier alpha value is -2.80. The fraction of sp³-hybridized carbons (Fsp3) is 0.333. The average molecular weight is 395 g/mol. The zero-order chi connectivity index (χ0) is 19.8. The third-order valence-electron chi connectivity index (χ3n) is 4.39. The van der Waals surface area contributed by atoms with Crippen molar-refractivity contribution in [1.29, 1.82) is 0 Å². The van der Waals surface area contributed by atoms with Crippen LogP contribution in [0.2, 0.25) is 0 Å². The van der Waals surface area contributed by atoms with E-state index in [4.69, 9.17) is 0 Å². The van der Waals surface area contributed by atoms with Gasteiger partial charge in [-0.25, -0.2) is 15.0 Å². The maximum atomic E-state index is 11.5. The van der Waals surface area contributed by atoms with Gasteiger partial charge in [0.05, 0.1) is 5.69 Å². The van der Waals surface area contributed by atoms with Gasteiger partial charge < -0.3 is 10.2 Å². The average Bonchev–Trinajstić information content (AvgIpc) is 3.26. The molecule has 3 aromatic rings. The van der Waals surface area contributed by atoms with Crippen LogP contribution in [0.15, 0.2) is 42.0 Å². The van der Waals surface area contributed by atoms with Gasteiger partial charge in [0.25, 0.3) is 0 Å². The fourth-order valence-electron chi connectivity index (χ4n) is 2.68. The summed E-state index contributed by atoms with van der Waals surface area (Å²) in [5, 5.41) is 4.89. The molecule has 1 amide bonds. The predicted molar refractivity (Wildman–Crippen MR) is 112 cm³/mol. The molecule has 6 nitrogen and oxygen atoms in total. The first-order chi connectivity index (χ1) is 13.7.